The summed E-state index contributed by atoms with van der Waals surface area (Å²) in [5, 5.41) is 5.35. The van der Waals surface area contributed by atoms with Gasteiger partial charge in [-0.3, -0.25) is 9.59 Å². The van der Waals surface area contributed by atoms with Crippen LogP contribution in [0.2, 0.25) is 0 Å². The molecule has 0 aromatic heterocycles. The molecule has 2 aromatic carbocycles. The number of carbonyl (C=O) groups excluding carboxylic acids is 2. The summed E-state index contributed by atoms with van der Waals surface area (Å²) in [5.41, 5.74) is 3.35. The van der Waals surface area contributed by atoms with E-state index < -0.39 is 6.04 Å². The largest absolute Gasteiger partial charge is 0.370 e. The van der Waals surface area contributed by atoms with Crippen LogP contribution in [0.5, 0.6) is 0 Å². The van der Waals surface area contributed by atoms with Crippen molar-refractivity contribution >= 4 is 17.5 Å². The first-order valence-corrected chi connectivity index (χ1v) is 8.03. The van der Waals surface area contributed by atoms with E-state index in [2.05, 4.69) is 33.7 Å². The summed E-state index contributed by atoms with van der Waals surface area (Å²) >= 11 is 0. The van der Waals surface area contributed by atoms with Crippen LogP contribution in [-0.4, -0.2) is 31.4 Å². The molecule has 0 saturated carbocycles. The van der Waals surface area contributed by atoms with Crippen molar-refractivity contribution in [2.24, 2.45) is 0 Å². The van der Waals surface area contributed by atoms with Gasteiger partial charge in [-0.2, -0.15) is 0 Å². The molecule has 1 atom stereocenters. The average molecular weight is 323 g/mol. The van der Waals surface area contributed by atoms with E-state index in [1.54, 1.807) is 0 Å². The minimum atomic E-state index is -0.499. The van der Waals surface area contributed by atoms with Gasteiger partial charge in [0, 0.05) is 25.7 Å². The van der Waals surface area contributed by atoms with Crippen molar-refractivity contribution in [1.29, 1.82) is 0 Å². The highest BCUT2D eigenvalue weighted by atomic mass is 16.2. The minimum Gasteiger partial charge on any atom is -0.370 e. The minimum absolute atomic E-state index is 0.0647. The maximum Gasteiger partial charge on any atom is 0.243 e. The Morgan fingerprint density at radius 3 is 2.58 bits per heavy atom. The standard InChI is InChI=1S/C19H21N3O2/c1-22(13-14-6-3-2-4-7-14)16-9-5-8-15(10-16)11-17-19(24)20-12-18(23)21-17/h2-10,17H,11-13H2,1H3,(H,20,24)(H,21,23). The fourth-order valence-corrected chi connectivity index (χ4v) is 2.85. The van der Waals surface area contributed by atoms with Gasteiger partial charge in [0.05, 0.1) is 6.54 Å². The van der Waals surface area contributed by atoms with Crippen LogP contribution in [0.3, 0.4) is 0 Å². The SMILES string of the molecule is CN(Cc1ccccc1)c1cccc(CC2NC(=O)CNC2=O)c1. The molecule has 24 heavy (non-hydrogen) atoms. The molecule has 5 nitrogen and oxygen atoms in total. The van der Waals surface area contributed by atoms with E-state index in [1.807, 2.05) is 43.4 Å². The van der Waals surface area contributed by atoms with Crippen molar-refractivity contribution < 1.29 is 9.59 Å². The zero-order valence-electron chi connectivity index (χ0n) is 13.7. The van der Waals surface area contributed by atoms with Crippen LogP contribution in [0.15, 0.2) is 54.6 Å². The van der Waals surface area contributed by atoms with Gasteiger partial charge in [-0.05, 0) is 23.3 Å². The second kappa shape index (κ2) is 7.17. The lowest BCUT2D eigenvalue weighted by molar-refractivity contribution is -0.133. The number of amides is 2. The maximum absolute atomic E-state index is 11.9. The van der Waals surface area contributed by atoms with Crippen LogP contribution in [0.1, 0.15) is 11.1 Å². The monoisotopic (exact) mass is 323 g/mol. The molecule has 3 rings (SSSR count). The molecule has 1 fully saturated rings. The van der Waals surface area contributed by atoms with Gasteiger partial charge >= 0.3 is 0 Å². The second-order valence-electron chi connectivity index (χ2n) is 6.05. The molecule has 5 heteroatoms. The highest BCUT2D eigenvalue weighted by Crippen LogP contribution is 2.18. The molecule has 0 aliphatic carbocycles. The molecule has 1 aliphatic rings. The predicted octanol–water partition coefficient (Wildman–Crippen LogP) is 1.48. The van der Waals surface area contributed by atoms with E-state index in [1.165, 1.54) is 5.56 Å². The van der Waals surface area contributed by atoms with Crippen LogP contribution in [0.4, 0.5) is 5.69 Å². The number of hydrogen-bond donors (Lipinski definition) is 2. The highest BCUT2D eigenvalue weighted by Gasteiger charge is 2.25. The number of nitrogens with zero attached hydrogens (tertiary/aromatic N) is 1. The number of piperazine rings is 1. The first kappa shape index (κ1) is 16.1. The van der Waals surface area contributed by atoms with Gasteiger partial charge < -0.3 is 15.5 Å². The summed E-state index contributed by atoms with van der Waals surface area (Å²) < 4.78 is 0. The van der Waals surface area contributed by atoms with Gasteiger partial charge in [-0.15, -0.1) is 0 Å². The average Bonchev–Trinajstić information content (AvgIpc) is 2.59. The van der Waals surface area contributed by atoms with Gasteiger partial charge in [-0.1, -0.05) is 42.5 Å². The molecule has 124 valence electrons. The Labute approximate surface area is 141 Å². The van der Waals surface area contributed by atoms with Gasteiger partial charge in [0.15, 0.2) is 0 Å². The first-order valence-electron chi connectivity index (χ1n) is 8.03. The Morgan fingerprint density at radius 2 is 1.79 bits per heavy atom. The summed E-state index contributed by atoms with van der Waals surface area (Å²) in [5.74, 6) is -0.269. The first-order chi connectivity index (χ1) is 11.6. The van der Waals surface area contributed by atoms with Crippen molar-refractivity contribution in [2.75, 3.05) is 18.5 Å². The Bertz CT molecular complexity index is 730. The Kier molecular flexibility index (Phi) is 4.79. The van der Waals surface area contributed by atoms with E-state index >= 15 is 0 Å². The van der Waals surface area contributed by atoms with Crippen LogP contribution < -0.4 is 15.5 Å². The van der Waals surface area contributed by atoms with Crippen molar-refractivity contribution in [1.82, 2.24) is 10.6 Å². The molecule has 0 radical (unpaired) electrons. The Morgan fingerprint density at radius 1 is 1.04 bits per heavy atom. The summed E-state index contributed by atoms with van der Waals surface area (Å²) in [7, 11) is 2.04. The molecule has 2 N–H and O–H groups in total. The molecule has 1 aliphatic heterocycles. The molecule has 1 unspecified atom stereocenters. The number of carbonyl (C=O) groups is 2. The van der Waals surface area contributed by atoms with E-state index in [0.717, 1.165) is 17.8 Å². The molecule has 0 spiro atoms. The van der Waals surface area contributed by atoms with Crippen molar-refractivity contribution in [3.8, 4) is 0 Å². The van der Waals surface area contributed by atoms with Gasteiger partial charge in [-0.25, -0.2) is 0 Å². The lowest BCUT2D eigenvalue weighted by Crippen LogP contribution is -2.56. The summed E-state index contributed by atoms with van der Waals surface area (Å²) in [6.45, 7) is 0.875. The lowest BCUT2D eigenvalue weighted by atomic mass is 10.0. The van der Waals surface area contributed by atoms with Crippen molar-refractivity contribution in [2.45, 2.75) is 19.0 Å². The van der Waals surface area contributed by atoms with Crippen LogP contribution in [0, 0.1) is 0 Å². The molecular formula is C19H21N3O2. The van der Waals surface area contributed by atoms with E-state index in [4.69, 9.17) is 0 Å². The zero-order valence-corrected chi connectivity index (χ0v) is 13.7. The fraction of sp³-hybridized carbons (Fsp3) is 0.263. The third kappa shape index (κ3) is 3.93. The Hall–Kier alpha value is -2.82. The summed E-state index contributed by atoms with van der Waals surface area (Å²) in [6, 6.07) is 17.8. The van der Waals surface area contributed by atoms with E-state index in [9.17, 15) is 9.59 Å². The number of anilines is 1. The molecule has 2 amide bonds. The zero-order chi connectivity index (χ0) is 16.9. The summed E-state index contributed by atoms with van der Waals surface area (Å²) in [4.78, 5) is 25.5. The van der Waals surface area contributed by atoms with E-state index in [0.29, 0.717) is 6.42 Å². The Balaban J connectivity index is 1.69. The summed E-state index contributed by atoms with van der Waals surface area (Å²) in [6.07, 6.45) is 0.491. The molecule has 1 saturated heterocycles. The van der Waals surface area contributed by atoms with Crippen LogP contribution in [0.25, 0.3) is 0 Å². The van der Waals surface area contributed by atoms with Crippen molar-refractivity contribution in [3.05, 3.63) is 65.7 Å². The van der Waals surface area contributed by atoms with Gasteiger partial charge in [0.25, 0.3) is 0 Å². The molecular weight excluding hydrogens is 302 g/mol. The van der Waals surface area contributed by atoms with Crippen molar-refractivity contribution in [3.63, 3.8) is 0 Å². The number of rotatable bonds is 5. The molecule has 0 bridgehead atoms. The highest BCUT2D eigenvalue weighted by molar-refractivity contribution is 5.94. The molecule has 2 aromatic rings. The lowest BCUT2D eigenvalue weighted by Gasteiger charge is -2.24. The van der Waals surface area contributed by atoms with Crippen LogP contribution in [-0.2, 0) is 22.6 Å². The normalized spacial score (nSPS) is 17.1. The third-order valence-corrected chi connectivity index (χ3v) is 4.13. The number of hydrogen-bond acceptors (Lipinski definition) is 3. The topological polar surface area (TPSA) is 61.4 Å². The third-order valence-electron chi connectivity index (χ3n) is 4.13. The van der Waals surface area contributed by atoms with Gasteiger partial charge in [0.1, 0.15) is 6.04 Å². The van der Waals surface area contributed by atoms with Gasteiger partial charge in [0.2, 0.25) is 11.8 Å². The molecule has 1 heterocycles. The number of benzene rings is 2. The fourth-order valence-electron chi connectivity index (χ4n) is 2.85. The quantitative estimate of drug-likeness (QED) is 0.876. The van der Waals surface area contributed by atoms with E-state index in [-0.39, 0.29) is 18.4 Å². The van der Waals surface area contributed by atoms with Crippen LogP contribution >= 0.6 is 0 Å². The smallest absolute Gasteiger partial charge is 0.243 e. The maximum atomic E-state index is 11.9. The second-order valence-corrected chi connectivity index (χ2v) is 6.05. The predicted molar refractivity (Wildman–Crippen MR) is 93.6 cm³/mol. The number of nitrogens with one attached hydrogen (secondary N) is 2.